The predicted molar refractivity (Wildman–Crippen MR) is 76.6 cm³/mol. The van der Waals surface area contributed by atoms with Crippen LogP contribution in [-0.4, -0.2) is 17.0 Å². The summed E-state index contributed by atoms with van der Waals surface area (Å²) in [5.41, 5.74) is 5.82. The molecule has 0 saturated heterocycles. The Bertz CT molecular complexity index is 734. The summed E-state index contributed by atoms with van der Waals surface area (Å²) in [5, 5.41) is 11.8. The van der Waals surface area contributed by atoms with Gasteiger partial charge in [-0.05, 0) is 36.4 Å². The van der Waals surface area contributed by atoms with Crippen LogP contribution in [0.3, 0.4) is 0 Å². The molecular formula is C14H10ClFN2O3. The van der Waals surface area contributed by atoms with Crippen molar-refractivity contribution in [2.75, 3.05) is 5.32 Å². The molecule has 2 rings (SSSR count). The van der Waals surface area contributed by atoms with Gasteiger partial charge in [0.05, 0.1) is 27.5 Å². The zero-order valence-corrected chi connectivity index (χ0v) is 11.3. The molecule has 7 heteroatoms. The third kappa shape index (κ3) is 3.29. The Hall–Kier alpha value is -2.60. The van der Waals surface area contributed by atoms with Crippen LogP contribution in [0.2, 0.25) is 5.02 Å². The molecule has 2 aromatic carbocycles. The summed E-state index contributed by atoms with van der Waals surface area (Å²) < 4.78 is 13.1. The van der Waals surface area contributed by atoms with Gasteiger partial charge in [0.25, 0.3) is 5.91 Å². The van der Waals surface area contributed by atoms with E-state index in [1.165, 1.54) is 24.3 Å². The number of nitrogens with two attached hydrogens (primary N) is 1. The summed E-state index contributed by atoms with van der Waals surface area (Å²) in [7, 11) is 0. The first-order chi connectivity index (χ1) is 9.88. The van der Waals surface area contributed by atoms with Gasteiger partial charge in [-0.1, -0.05) is 11.6 Å². The van der Waals surface area contributed by atoms with E-state index < -0.39 is 17.7 Å². The number of nitrogens with one attached hydrogen (secondary N) is 1. The maximum Gasteiger partial charge on any atom is 0.335 e. The summed E-state index contributed by atoms with van der Waals surface area (Å²) in [4.78, 5) is 22.1. The highest BCUT2D eigenvalue weighted by molar-refractivity contribution is 6.33. The van der Waals surface area contributed by atoms with Crippen molar-refractivity contribution < 1.29 is 19.1 Å². The summed E-state index contributed by atoms with van der Waals surface area (Å²) in [6.45, 7) is 0. The van der Waals surface area contributed by atoms with Crippen LogP contribution in [0.4, 0.5) is 15.8 Å². The molecule has 108 valence electrons. The van der Waals surface area contributed by atoms with Crippen molar-refractivity contribution in [2.24, 2.45) is 5.73 Å². The minimum atomic E-state index is -1.11. The Morgan fingerprint density at radius 3 is 2.38 bits per heavy atom. The Labute approximate surface area is 124 Å². The Morgan fingerprint density at radius 2 is 1.81 bits per heavy atom. The molecule has 0 unspecified atom stereocenters. The highest BCUT2D eigenvalue weighted by Gasteiger charge is 2.12. The fourth-order valence-electron chi connectivity index (χ4n) is 1.72. The number of hydrogen-bond acceptors (Lipinski definition) is 3. The van der Waals surface area contributed by atoms with Crippen molar-refractivity contribution in [1.82, 2.24) is 0 Å². The molecule has 21 heavy (non-hydrogen) atoms. The molecule has 2 aromatic rings. The number of carboxylic acid groups (broad SMARTS) is 1. The lowest BCUT2D eigenvalue weighted by Gasteiger charge is -2.12. The highest BCUT2D eigenvalue weighted by atomic mass is 35.5. The number of carbonyl (C=O) groups excluding carboxylic acids is 1. The van der Waals surface area contributed by atoms with E-state index in [4.69, 9.17) is 22.4 Å². The van der Waals surface area contributed by atoms with Gasteiger partial charge >= 0.3 is 5.97 Å². The van der Waals surface area contributed by atoms with Crippen LogP contribution in [0.1, 0.15) is 20.7 Å². The van der Waals surface area contributed by atoms with Gasteiger partial charge in [0.15, 0.2) is 0 Å². The molecule has 0 aliphatic carbocycles. The van der Waals surface area contributed by atoms with Gasteiger partial charge in [-0.2, -0.15) is 0 Å². The van der Waals surface area contributed by atoms with Crippen LogP contribution in [0.15, 0.2) is 36.4 Å². The molecule has 0 radical (unpaired) electrons. The van der Waals surface area contributed by atoms with Crippen LogP contribution >= 0.6 is 11.6 Å². The van der Waals surface area contributed by atoms with Crippen molar-refractivity contribution in [3.05, 3.63) is 58.4 Å². The average Bonchev–Trinajstić information content (AvgIpc) is 2.42. The number of rotatable bonds is 4. The van der Waals surface area contributed by atoms with E-state index in [2.05, 4.69) is 5.32 Å². The number of benzene rings is 2. The van der Waals surface area contributed by atoms with Crippen LogP contribution in [0.25, 0.3) is 0 Å². The van der Waals surface area contributed by atoms with Gasteiger partial charge in [-0.15, -0.1) is 0 Å². The van der Waals surface area contributed by atoms with Gasteiger partial charge in [-0.25, -0.2) is 9.18 Å². The highest BCUT2D eigenvalue weighted by Crippen LogP contribution is 2.28. The van der Waals surface area contributed by atoms with Gasteiger partial charge in [-0.3, -0.25) is 4.79 Å². The molecule has 0 spiro atoms. The molecule has 0 aromatic heterocycles. The lowest BCUT2D eigenvalue weighted by Crippen LogP contribution is -2.13. The van der Waals surface area contributed by atoms with Crippen LogP contribution in [-0.2, 0) is 0 Å². The second-order valence-corrected chi connectivity index (χ2v) is 4.59. The Morgan fingerprint density at radius 1 is 1.14 bits per heavy atom. The molecule has 0 saturated carbocycles. The molecule has 1 amide bonds. The fraction of sp³-hybridized carbons (Fsp3) is 0. The molecule has 5 nitrogen and oxygen atoms in total. The first-order valence-electron chi connectivity index (χ1n) is 5.77. The lowest BCUT2D eigenvalue weighted by atomic mass is 10.1. The number of halogens is 2. The molecule has 0 atom stereocenters. The van der Waals surface area contributed by atoms with Crippen molar-refractivity contribution in [3.8, 4) is 0 Å². The van der Waals surface area contributed by atoms with E-state index in [1.807, 2.05) is 0 Å². The van der Waals surface area contributed by atoms with Crippen LogP contribution in [0, 0.1) is 5.82 Å². The zero-order valence-electron chi connectivity index (χ0n) is 10.6. The van der Waals surface area contributed by atoms with E-state index in [0.717, 1.165) is 12.1 Å². The molecular weight excluding hydrogens is 299 g/mol. The summed E-state index contributed by atoms with van der Waals surface area (Å²) in [6, 6.07) is 7.57. The number of anilines is 2. The molecule has 0 heterocycles. The second kappa shape index (κ2) is 5.80. The van der Waals surface area contributed by atoms with Crippen molar-refractivity contribution in [2.45, 2.75) is 0 Å². The quantitative estimate of drug-likeness (QED) is 0.809. The maximum absolute atomic E-state index is 13.1. The molecule has 4 N–H and O–H groups in total. The van der Waals surface area contributed by atoms with Gasteiger partial charge in [0.2, 0.25) is 0 Å². The zero-order chi connectivity index (χ0) is 15.6. The second-order valence-electron chi connectivity index (χ2n) is 4.18. The topological polar surface area (TPSA) is 92.4 Å². The largest absolute Gasteiger partial charge is 0.478 e. The van der Waals surface area contributed by atoms with Crippen molar-refractivity contribution >= 4 is 34.9 Å². The first-order valence-corrected chi connectivity index (χ1v) is 6.15. The Balaban J connectivity index is 2.39. The number of carboxylic acids is 1. The van der Waals surface area contributed by atoms with E-state index in [1.54, 1.807) is 0 Å². The predicted octanol–water partition coefficient (Wildman–Crippen LogP) is 3.02. The van der Waals surface area contributed by atoms with E-state index >= 15 is 0 Å². The van der Waals surface area contributed by atoms with E-state index in [9.17, 15) is 14.0 Å². The maximum atomic E-state index is 13.1. The van der Waals surface area contributed by atoms with Crippen LogP contribution < -0.4 is 11.1 Å². The van der Waals surface area contributed by atoms with Gasteiger partial charge in [0, 0.05) is 0 Å². The molecule has 0 aliphatic heterocycles. The smallest absolute Gasteiger partial charge is 0.335 e. The minimum Gasteiger partial charge on any atom is -0.478 e. The van der Waals surface area contributed by atoms with Gasteiger partial charge in [0.1, 0.15) is 5.82 Å². The number of aromatic carboxylic acids is 1. The van der Waals surface area contributed by atoms with E-state index in [0.29, 0.717) is 5.69 Å². The van der Waals surface area contributed by atoms with Gasteiger partial charge < -0.3 is 16.2 Å². The number of hydrogen-bond donors (Lipinski definition) is 3. The van der Waals surface area contributed by atoms with Crippen molar-refractivity contribution in [3.63, 3.8) is 0 Å². The Kier molecular flexibility index (Phi) is 4.09. The van der Waals surface area contributed by atoms with Crippen molar-refractivity contribution in [1.29, 1.82) is 0 Å². The number of amides is 1. The van der Waals surface area contributed by atoms with Crippen LogP contribution in [0.5, 0.6) is 0 Å². The minimum absolute atomic E-state index is 0.0276. The molecule has 0 aliphatic rings. The monoisotopic (exact) mass is 308 g/mol. The molecule has 0 fully saturated rings. The number of primary amides is 1. The molecule has 0 bridgehead atoms. The SMILES string of the molecule is NC(=O)c1cc(F)ccc1Nc1ccc(C(=O)O)cc1Cl. The normalized spacial score (nSPS) is 10.2. The number of carbonyl (C=O) groups is 2. The summed E-state index contributed by atoms with van der Waals surface area (Å²) >= 11 is 5.97. The third-order valence-electron chi connectivity index (χ3n) is 2.73. The van der Waals surface area contributed by atoms with E-state index in [-0.39, 0.29) is 21.8 Å². The fourth-order valence-corrected chi connectivity index (χ4v) is 1.95. The third-order valence-corrected chi connectivity index (χ3v) is 3.05. The lowest BCUT2D eigenvalue weighted by molar-refractivity contribution is 0.0696. The standard InChI is InChI=1S/C14H10ClFN2O3/c15-10-5-7(14(20)21)1-3-12(10)18-11-4-2-8(16)6-9(11)13(17)19/h1-6,18H,(H2,17,19)(H,20,21). The summed E-state index contributed by atoms with van der Waals surface area (Å²) in [6.07, 6.45) is 0. The summed E-state index contributed by atoms with van der Waals surface area (Å²) in [5.74, 6) is -2.50. The average molecular weight is 309 g/mol. The first kappa shape index (κ1) is 14.8.